The van der Waals surface area contributed by atoms with Crippen LogP contribution in [0.25, 0.3) is 0 Å². The van der Waals surface area contributed by atoms with Crippen molar-refractivity contribution in [2.45, 2.75) is 25.5 Å². The Kier molecular flexibility index (Phi) is 4.09. The highest BCUT2D eigenvalue weighted by molar-refractivity contribution is 5.31. The standard InChI is InChI=1S/C14H21NO3/c1-14(2)10-18-13(8-15-14)9-17-12-6-4-11(16-3)5-7-12/h4-7,13,15H,8-10H2,1-3H3. The molecule has 1 fully saturated rings. The average Bonchev–Trinajstić information content (AvgIpc) is 2.38. The zero-order valence-corrected chi connectivity index (χ0v) is 11.2. The van der Waals surface area contributed by atoms with Crippen molar-refractivity contribution in [3.05, 3.63) is 24.3 Å². The van der Waals surface area contributed by atoms with Crippen LogP contribution in [0.5, 0.6) is 11.5 Å². The van der Waals surface area contributed by atoms with E-state index in [1.54, 1.807) is 7.11 Å². The molecule has 2 rings (SSSR count). The Balaban J connectivity index is 1.78. The van der Waals surface area contributed by atoms with Crippen LogP contribution in [0.3, 0.4) is 0 Å². The Morgan fingerprint density at radius 2 is 1.94 bits per heavy atom. The van der Waals surface area contributed by atoms with Crippen molar-refractivity contribution in [3.63, 3.8) is 0 Å². The maximum atomic E-state index is 5.75. The van der Waals surface area contributed by atoms with Gasteiger partial charge in [0.15, 0.2) is 0 Å². The number of benzene rings is 1. The van der Waals surface area contributed by atoms with Crippen LogP contribution in [0, 0.1) is 0 Å². The van der Waals surface area contributed by atoms with E-state index in [0.29, 0.717) is 13.2 Å². The van der Waals surface area contributed by atoms with Crippen LogP contribution >= 0.6 is 0 Å². The number of ether oxygens (including phenoxy) is 3. The summed E-state index contributed by atoms with van der Waals surface area (Å²) in [5.41, 5.74) is 0.0661. The molecule has 0 bridgehead atoms. The molecule has 0 spiro atoms. The molecule has 0 aromatic heterocycles. The normalized spacial score (nSPS) is 22.5. The Morgan fingerprint density at radius 3 is 2.50 bits per heavy atom. The van der Waals surface area contributed by atoms with Crippen LogP contribution in [0.2, 0.25) is 0 Å². The van der Waals surface area contributed by atoms with Gasteiger partial charge in [0.05, 0.1) is 13.7 Å². The predicted molar refractivity (Wildman–Crippen MR) is 70.3 cm³/mol. The SMILES string of the molecule is COc1ccc(OCC2CNC(C)(C)CO2)cc1. The van der Waals surface area contributed by atoms with Crippen LogP contribution in [0.15, 0.2) is 24.3 Å². The van der Waals surface area contributed by atoms with Crippen LogP contribution in [0.1, 0.15) is 13.8 Å². The van der Waals surface area contributed by atoms with E-state index in [2.05, 4.69) is 19.2 Å². The summed E-state index contributed by atoms with van der Waals surface area (Å²) in [6, 6.07) is 7.58. The maximum Gasteiger partial charge on any atom is 0.119 e. The Labute approximate surface area is 108 Å². The number of nitrogens with one attached hydrogen (secondary N) is 1. The molecule has 100 valence electrons. The Bertz CT molecular complexity index is 365. The largest absolute Gasteiger partial charge is 0.497 e. The van der Waals surface area contributed by atoms with Gasteiger partial charge in [-0.05, 0) is 38.1 Å². The van der Waals surface area contributed by atoms with E-state index in [1.165, 1.54) is 0 Å². The molecule has 0 aliphatic carbocycles. The number of rotatable bonds is 4. The van der Waals surface area contributed by atoms with E-state index in [0.717, 1.165) is 18.0 Å². The molecule has 0 radical (unpaired) electrons. The summed E-state index contributed by atoms with van der Waals surface area (Å²) in [7, 11) is 1.65. The molecule has 1 aromatic rings. The van der Waals surface area contributed by atoms with Crippen molar-refractivity contribution in [2.24, 2.45) is 0 Å². The second-order valence-corrected chi connectivity index (χ2v) is 5.18. The zero-order valence-electron chi connectivity index (χ0n) is 11.2. The number of hydrogen-bond donors (Lipinski definition) is 1. The van der Waals surface area contributed by atoms with Gasteiger partial charge in [-0.3, -0.25) is 0 Å². The molecule has 1 N–H and O–H groups in total. The number of morpholine rings is 1. The van der Waals surface area contributed by atoms with E-state index in [9.17, 15) is 0 Å². The van der Waals surface area contributed by atoms with Crippen LogP contribution < -0.4 is 14.8 Å². The molecule has 18 heavy (non-hydrogen) atoms. The third-order valence-electron chi connectivity index (χ3n) is 2.98. The summed E-state index contributed by atoms with van der Waals surface area (Å²) in [4.78, 5) is 0. The summed E-state index contributed by atoms with van der Waals surface area (Å²) >= 11 is 0. The lowest BCUT2D eigenvalue weighted by Crippen LogP contribution is -2.54. The highest BCUT2D eigenvalue weighted by Gasteiger charge is 2.26. The van der Waals surface area contributed by atoms with Gasteiger partial charge in [-0.25, -0.2) is 0 Å². The third kappa shape index (κ3) is 3.62. The Hall–Kier alpha value is -1.26. The van der Waals surface area contributed by atoms with Gasteiger partial charge < -0.3 is 19.5 Å². The third-order valence-corrected chi connectivity index (χ3v) is 2.98. The van der Waals surface area contributed by atoms with E-state index >= 15 is 0 Å². The van der Waals surface area contributed by atoms with Gasteiger partial charge in [0.1, 0.15) is 24.2 Å². The molecule has 1 unspecified atom stereocenters. The molecule has 4 heteroatoms. The topological polar surface area (TPSA) is 39.7 Å². The van der Waals surface area contributed by atoms with Crippen molar-refractivity contribution in [1.29, 1.82) is 0 Å². The monoisotopic (exact) mass is 251 g/mol. The second kappa shape index (κ2) is 5.59. The minimum absolute atomic E-state index is 0.0661. The molecule has 1 atom stereocenters. The fourth-order valence-electron chi connectivity index (χ4n) is 1.79. The minimum Gasteiger partial charge on any atom is -0.497 e. The molecular formula is C14H21NO3. The first-order valence-corrected chi connectivity index (χ1v) is 6.22. The summed E-state index contributed by atoms with van der Waals surface area (Å²) in [5.74, 6) is 1.67. The number of methoxy groups -OCH3 is 1. The summed E-state index contributed by atoms with van der Waals surface area (Å²) in [6.07, 6.45) is 0.111. The first-order valence-electron chi connectivity index (χ1n) is 6.22. The van der Waals surface area contributed by atoms with Crippen LogP contribution in [-0.2, 0) is 4.74 Å². The highest BCUT2D eigenvalue weighted by atomic mass is 16.5. The molecule has 1 aromatic carbocycles. The van der Waals surface area contributed by atoms with Crippen molar-refractivity contribution in [1.82, 2.24) is 5.32 Å². The van der Waals surface area contributed by atoms with Gasteiger partial charge in [-0.2, -0.15) is 0 Å². The average molecular weight is 251 g/mol. The van der Waals surface area contributed by atoms with E-state index in [-0.39, 0.29) is 11.6 Å². The summed E-state index contributed by atoms with van der Waals surface area (Å²) < 4.78 is 16.5. The molecule has 4 nitrogen and oxygen atoms in total. The second-order valence-electron chi connectivity index (χ2n) is 5.18. The van der Waals surface area contributed by atoms with Crippen molar-refractivity contribution in [3.8, 4) is 11.5 Å². The fraction of sp³-hybridized carbons (Fsp3) is 0.571. The van der Waals surface area contributed by atoms with Crippen LogP contribution in [-0.4, -0.2) is 38.5 Å². The number of hydrogen-bond acceptors (Lipinski definition) is 4. The predicted octanol–water partition coefficient (Wildman–Crippen LogP) is 1.84. The molecule has 1 aliphatic heterocycles. The van der Waals surface area contributed by atoms with Crippen molar-refractivity contribution in [2.75, 3.05) is 26.9 Å². The lowest BCUT2D eigenvalue weighted by molar-refractivity contribution is -0.0412. The molecule has 1 heterocycles. The first-order chi connectivity index (χ1) is 8.59. The van der Waals surface area contributed by atoms with Crippen LogP contribution in [0.4, 0.5) is 0 Å². The quantitative estimate of drug-likeness (QED) is 0.886. The lowest BCUT2D eigenvalue weighted by atomic mass is 10.1. The van der Waals surface area contributed by atoms with Crippen molar-refractivity contribution < 1.29 is 14.2 Å². The van der Waals surface area contributed by atoms with Gasteiger partial charge in [-0.1, -0.05) is 0 Å². The van der Waals surface area contributed by atoms with Gasteiger partial charge >= 0.3 is 0 Å². The van der Waals surface area contributed by atoms with Gasteiger partial charge in [0, 0.05) is 12.1 Å². The zero-order chi connectivity index (χ0) is 13.0. The van der Waals surface area contributed by atoms with Crippen molar-refractivity contribution >= 4 is 0 Å². The van der Waals surface area contributed by atoms with Gasteiger partial charge in [-0.15, -0.1) is 0 Å². The fourth-order valence-corrected chi connectivity index (χ4v) is 1.79. The minimum atomic E-state index is 0.0661. The molecule has 1 saturated heterocycles. The Morgan fingerprint density at radius 1 is 1.28 bits per heavy atom. The van der Waals surface area contributed by atoms with E-state index in [1.807, 2.05) is 24.3 Å². The summed E-state index contributed by atoms with van der Waals surface area (Å²) in [5, 5.41) is 3.44. The lowest BCUT2D eigenvalue weighted by Gasteiger charge is -2.35. The first kappa shape index (κ1) is 13.2. The molecular weight excluding hydrogens is 230 g/mol. The van der Waals surface area contributed by atoms with Gasteiger partial charge in [0.2, 0.25) is 0 Å². The molecule has 0 amide bonds. The maximum absolute atomic E-state index is 5.75. The smallest absolute Gasteiger partial charge is 0.119 e. The van der Waals surface area contributed by atoms with E-state index in [4.69, 9.17) is 14.2 Å². The van der Waals surface area contributed by atoms with E-state index < -0.39 is 0 Å². The van der Waals surface area contributed by atoms with Gasteiger partial charge in [0.25, 0.3) is 0 Å². The highest BCUT2D eigenvalue weighted by Crippen LogP contribution is 2.18. The molecule has 0 saturated carbocycles. The summed E-state index contributed by atoms with van der Waals surface area (Å²) in [6.45, 7) is 6.36. The molecule has 1 aliphatic rings.